The maximum atomic E-state index is 13.5. The minimum atomic E-state index is -0.449. The second-order valence-electron chi connectivity index (χ2n) is 8.10. The molecule has 5 rings (SSSR count). The summed E-state index contributed by atoms with van der Waals surface area (Å²) in [4.78, 5) is 41.6. The summed E-state index contributed by atoms with van der Waals surface area (Å²) in [5.74, 6) is -0.617. The molecule has 1 aliphatic carbocycles. The summed E-state index contributed by atoms with van der Waals surface area (Å²) < 4.78 is 5.03. The Balaban J connectivity index is 1.37. The quantitative estimate of drug-likeness (QED) is 0.575. The van der Waals surface area contributed by atoms with E-state index in [4.69, 9.17) is 4.42 Å². The van der Waals surface area contributed by atoms with Crippen LogP contribution in [0.2, 0.25) is 0 Å². The molecule has 0 saturated heterocycles. The second kappa shape index (κ2) is 9.15. The average Bonchev–Trinajstić information content (AvgIpc) is 3.52. The van der Waals surface area contributed by atoms with Crippen LogP contribution in [0.3, 0.4) is 0 Å². The predicted molar refractivity (Wildman–Crippen MR) is 126 cm³/mol. The van der Waals surface area contributed by atoms with Gasteiger partial charge in [0.2, 0.25) is 5.91 Å². The van der Waals surface area contributed by atoms with E-state index in [1.807, 2.05) is 41.3 Å². The van der Waals surface area contributed by atoms with Crippen LogP contribution in [-0.2, 0) is 4.79 Å². The van der Waals surface area contributed by atoms with Crippen molar-refractivity contribution < 1.29 is 18.8 Å². The van der Waals surface area contributed by atoms with E-state index in [1.165, 1.54) is 24.1 Å². The van der Waals surface area contributed by atoms with Crippen LogP contribution in [0.4, 0.5) is 11.4 Å². The summed E-state index contributed by atoms with van der Waals surface area (Å²) in [6.45, 7) is -0.181. The van der Waals surface area contributed by atoms with Crippen molar-refractivity contribution in [1.82, 2.24) is 5.32 Å². The minimum absolute atomic E-state index is 0.0289. The number of nitrogens with one attached hydrogen (secondary N) is 2. The van der Waals surface area contributed by atoms with E-state index >= 15 is 0 Å². The molecule has 0 bridgehead atoms. The van der Waals surface area contributed by atoms with Crippen molar-refractivity contribution in [1.29, 1.82) is 0 Å². The highest BCUT2D eigenvalue weighted by molar-refractivity contribution is 7.99. The van der Waals surface area contributed by atoms with Crippen molar-refractivity contribution in [3.63, 3.8) is 0 Å². The highest BCUT2D eigenvalue weighted by Gasteiger charge is 2.34. The van der Waals surface area contributed by atoms with E-state index in [1.54, 1.807) is 12.1 Å². The van der Waals surface area contributed by atoms with Gasteiger partial charge in [-0.1, -0.05) is 36.7 Å². The van der Waals surface area contributed by atoms with Crippen molar-refractivity contribution in [3.8, 4) is 0 Å². The molecule has 3 aromatic rings. The Bertz CT molecular complexity index is 1200. The van der Waals surface area contributed by atoms with Gasteiger partial charge in [-0.15, -0.1) is 0 Å². The van der Waals surface area contributed by atoms with Gasteiger partial charge in [0.15, 0.2) is 5.76 Å². The summed E-state index contributed by atoms with van der Waals surface area (Å²) in [6, 6.07) is 16.6. The standard InChI is InChI=1S/C25H23N3O4S/c29-23(15-26-24(30)20-9-5-13-32-20)27-16-11-12-19-22(14-16)33-21-10-4-3-8-18(21)25(31)28(19)17-6-1-2-7-17/h3-5,8-14,17H,1-2,6-7,15H2,(H,26,30)(H,27,29). The van der Waals surface area contributed by atoms with Gasteiger partial charge in [-0.05, 0) is 55.3 Å². The molecule has 2 heterocycles. The molecule has 2 aromatic carbocycles. The number of nitrogens with zero attached hydrogens (tertiary/aromatic N) is 1. The summed E-state index contributed by atoms with van der Waals surface area (Å²) in [7, 11) is 0. The molecular formula is C25H23N3O4S. The molecule has 168 valence electrons. The Labute approximate surface area is 195 Å². The van der Waals surface area contributed by atoms with Crippen molar-refractivity contribution in [2.75, 3.05) is 16.8 Å². The number of anilines is 2. The SMILES string of the molecule is O=C(CNC(=O)c1ccco1)Nc1ccc2c(c1)Sc1ccccc1C(=O)N2C1CCCC1. The van der Waals surface area contributed by atoms with Gasteiger partial charge in [0, 0.05) is 21.5 Å². The van der Waals surface area contributed by atoms with Crippen molar-refractivity contribution >= 4 is 40.9 Å². The first-order chi connectivity index (χ1) is 16.1. The molecule has 2 N–H and O–H groups in total. The van der Waals surface area contributed by atoms with E-state index in [0.717, 1.165) is 41.2 Å². The van der Waals surface area contributed by atoms with Gasteiger partial charge < -0.3 is 20.0 Å². The molecule has 0 unspecified atom stereocenters. The lowest BCUT2D eigenvalue weighted by Gasteiger charge is -2.29. The third kappa shape index (κ3) is 4.39. The fourth-order valence-corrected chi connectivity index (χ4v) is 5.45. The number of hydrogen-bond acceptors (Lipinski definition) is 5. The van der Waals surface area contributed by atoms with E-state index in [9.17, 15) is 14.4 Å². The monoisotopic (exact) mass is 461 g/mol. The average molecular weight is 462 g/mol. The first-order valence-electron chi connectivity index (χ1n) is 11.0. The summed E-state index contributed by atoms with van der Waals surface area (Å²) in [5, 5.41) is 5.37. The molecule has 2 aliphatic rings. The lowest BCUT2D eigenvalue weighted by atomic mass is 10.1. The molecule has 1 saturated carbocycles. The van der Waals surface area contributed by atoms with Crippen LogP contribution in [0.25, 0.3) is 0 Å². The normalized spacial score (nSPS) is 15.5. The summed E-state index contributed by atoms with van der Waals surface area (Å²) >= 11 is 1.53. The van der Waals surface area contributed by atoms with Gasteiger partial charge in [-0.3, -0.25) is 14.4 Å². The van der Waals surface area contributed by atoms with Crippen LogP contribution in [-0.4, -0.2) is 30.3 Å². The van der Waals surface area contributed by atoms with Crippen molar-refractivity contribution in [2.24, 2.45) is 0 Å². The molecule has 3 amide bonds. The van der Waals surface area contributed by atoms with Gasteiger partial charge in [-0.25, -0.2) is 0 Å². The number of hydrogen-bond donors (Lipinski definition) is 2. The smallest absolute Gasteiger partial charge is 0.287 e. The Kier molecular flexibility index (Phi) is 5.92. The number of amides is 3. The van der Waals surface area contributed by atoms with Gasteiger partial charge in [0.1, 0.15) is 0 Å². The molecule has 0 atom stereocenters. The Morgan fingerprint density at radius 1 is 1.03 bits per heavy atom. The second-order valence-corrected chi connectivity index (χ2v) is 9.19. The number of furan rings is 1. The Morgan fingerprint density at radius 2 is 1.85 bits per heavy atom. The zero-order valence-corrected chi connectivity index (χ0v) is 18.7. The first-order valence-corrected chi connectivity index (χ1v) is 11.8. The number of benzene rings is 2. The number of fused-ring (bicyclic) bond motifs is 2. The van der Waals surface area contributed by atoms with Crippen LogP contribution in [0.1, 0.15) is 46.6 Å². The number of carbonyl (C=O) groups excluding carboxylic acids is 3. The highest BCUT2D eigenvalue weighted by atomic mass is 32.2. The Hall–Kier alpha value is -3.52. The fraction of sp³-hybridized carbons (Fsp3) is 0.240. The zero-order valence-electron chi connectivity index (χ0n) is 17.9. The Morgan fingerprint density at radius 3 is 2.64 bits per heavy atom. The molecule has 0 spiro atoms. The van der Waals surface area contributed by atoms with E-state index in [-0.39, 0.29) is 30.2 Å². The van der Waals surface area contributed by atoms with E-state index in [0.29, 0.717) is 11.3 Å². The van der Waals surface area contributed by atoms with E-state index < -0.39 is 5.91 Å². The van der Waals surface area contributed by atoms with Crippen LogP contribution >= 0.6 is 11.8 Å². The maximum Gasteiger partial charge on any atom is 0.287 e. The molecule has 0 radical (unpaired) electrons. The predicted octanol–water partition coefficient (Wildman–Crippen LogP) is 4.70. The molecule has 33 heavy (non-hydrogen) atoms. The first kappa shape index (κ1) is 21.3. The van der Waals surface area contributed by atoms with Gasteiger partial charge in [0.25, 0.3) is 11.8 Å². The minimum Gasteiger partial charge on any atom is -0.459 e. The van der Waals surface area contributed by atoms with Crippen LogP contribution < -0.4 is 15.5 Å². The van der Waals surface area contributed by atoms with Gasteiger partial charge in [0.05, 0.1) is 24.1 Å². The topological polar surface area (TPSA) is 91.6 Å². The van der Waals surface area contributed by atoms with Crippen LogP contribution in [0, 0.1) is 0 Å². The third-order valence-corrected chi connectivity index (χ3v) is 7.03. The fourth-order valence-electron chi connectivity index (χ4n) is 4.35. The summed E-state index contributed by atoms with van der Waals surface area (Å²) in [6.07, 6.45) is 5.63. The molecule has 7 nitrogen and oxygen atoms in total. The number of rotatable bonds is 5. The largest absolute Gasteiger partial charge is 0.459 e. The summed E-state index contributed by atoms with van der Waals surface area (Å²) in [5.41, 5.74) is 2.19. The van der Waals surface area contributed by atoms with E-state index in [2.05, 4.69) is 10.6 Å². The number of carbonyl (C=O) groups is 3. The van der Waals surface area contributed by atoms with Gasteiger partial charge in [-0.2, -0.15) is 0 Å². The van der Waals surface area contributed by atoms with Crippen LogP contribution in [0.5, 0.6) is 0 Å². The van der Waals surface area contributed by atoms with Gasteiger partial charge >= 0.3 is 0 Å². The lowest BCUT2D eigenvalue weighted by Crippen LogP contribution is -2.39. The molecule has 1 aromatic heterocycles. The zero-order chi connectivity index (χ0) is 22.8. The molecule has 8 heteroatoms. The van der Waals surface area contributed by atoms with Crippen molar-refractivity contribution in [2.45, 2.75) is 41.5 Å². The maximum absolute atomic E-state index is 13.5. The third-order valence-electron chi connectivity index (χ3n) is 5.90. The lowest BCUT2D eigenvalue weighted by molar-refractivity contribution is -0.115. The molecular weight excluding hydrogens is 438 g/mol. The molecule has 1 fully saturated rings. The van der Waals surface area contributed by atoms with Crippen LogP contribution in [0.15, 0.2) is 75.1 Å². The van der Waals surface area contributed by atoms with Crippen molar-refractivity contribution in [3.05, 3.63) is 72.2 Å². The highest BCUT2D eigenvalue weighted by Crippen LogP contribution is 2.44. The molecule has 1 aliphatic heterocycles.